The highest BCUT2D eigenvalue weighted by atomic mass is 35.5. The van der Waals surface area contributed by atoms with Crippen LogP contribution in [0.3, 0.4) is 0 Å². The fourth-order valence-corrected chi connectivity index (χ4v) is 7.95. The highest BCUT2D eigenvalue weighted by Crippen LogP contribution is 2.56. The minimum Gasteiger partial charge on any atom is -0.378 e. The third-order valence-corrected chi connectivity index (χ3v) is 10.6. The number of nitrogens with two attached hydrogens (primary N) is 1. The Labute approximate surface area is 278 Å². The molecule has 3 aromatic heterocycles. The van der Waals surface area contributed by atoms with Crippen LogP contribution in [0.25, 0.3) is 22.2 Å². The Balaban J connectivity index is 1.23. The summed E-state index contributed by atoms with van der Waals surface area (Å²) in [6, 6.07) is 6.81. The number of hydrogen-bond donors (Lipinski definition) is 1. The lowest BCUT2D eigenvalue weighted by atomic mass is 9.89. The fraction of sp³-hybridized carbons (Fsp3) is 0.486. The van der Waals surface area contributed by atoms with Gasteiger partial charge in [-0.3, -0.25) is 14.5 Å². The van der Waals surface area contributed by atoms with E-state index in [1.54, 1.807) is 17.3 Å². The van der Waals surface area contributed by atoms with Crippen LogP contribution in [0.2, 0.25) is 5.02 Å². The van der Waals surface area contributed by atoms with E-state index >= 15 is 0 Å². The first kappa shape index (κ1) is 30.4. The van der Waals surface area contributed by atoms with Gasteiger partial charge in [-0.05, 0) is 60.3 Å². The summed E-state index contributed by atoms with van der Waals surface area (Å²) in [6.45, 7) is 10.4. The van der Waals surface area contributed by atoms with Gasteiger partial charge >= 0.3 is 0 Å². The number of rotatable bonds is 8. The molecule has 4 aromatic rings. The number of aromatic nitrogens is 5. The summed E-state index contributed by atoms with van der Waals surface area (Å²) in [5, 5.41) is 6.22. The number of nitrogens with zero attached hydrogens (tertiary/aromatic N) is 7. The number of piperidine rings is 1. The Hall–Kier alpha value is -3.93. The van der Waals surface area contributed by atoms with Crippen LogP contribution in [0.5, 0.6) is 0 Å². The Kier molecular flexibility index (Phi) is 7.53. The molecule has 6 heterocycles. The van der Waals surface area contributed by atoms with E-state index in [-0.39, 0.29) is 36.2 Å². The number of likely N-dealkylation sites (tertiary alicyclic amines) is 1. The molecule has 0 spiro atoms. The second-order valence-electron chi connectivity index (χ2n) is 14.1. The molecule has 8 rings (SSSR count). The summed E-state index contributed by atoms with van der Waals surface area (Å²) < 4.78 is 7.55. The molecule has 3 fully saturated rings. The van der Waals surface area contributed by atoms with Gasteiger partial charge in [0.2, 0.25) is 5.91 Å². The third kappa shape index (κ3) is 5.28. The van der Waals surface area contributed by atoms with Crippen LogP contribution >= 0.6 is 11.6 Å². The maximum absolute atomic E-state index is 13.4. The zero-order chi connectivity index (χ0) is 32.6. The number of hydrogen-bond acceptors (Lipinski definition) is 8. The van der Waals surface area contributed by atoms with Crippen molar-refractivity contribution in [2.24, 2.45) is 23.5 Å². The molecule has 4 atom stereocenters. The van der Waals surface area contributed by atoms with Gasteiger partial charge in [-0.25, -0.2) is 19.6 Å². The van der Waals surface area contributed by atoms with Gasteiger partial charge in [0.1, 0.15) is 5.82 Å². The zero-order valence-electron chi connectivity index (χ0n) is 26.9. The molecule has 244 valence electrons. The van der Waals surface area contributed by atoms with E-state index < -0.39 is 5.91 Å². The largest absolute Gasteiger partial charge is 0.378 e. The normalized spacial score (nSPS) is 24.4. The number of carbonyl (C=O) groups is 2. The second-order valence-corrected chi connectivity index (χ2v) is 14.5. The topological polar surface area (TPSA) is 132 Å². The van der Waals surface area contributed by atoms with Gasteiger partial charge in [0.05, 0.1) is 54.3 Å². The highest BCUT2D eigenvalue weighted by molar-refractivity contribution is 6.30. The molecular weight excluding hydrogens is 616 g/mol. The number of primary amides is 1. The molecule has 1 saturated carbocycles. The van der Waals surface area contributed by atoms with Crippen molar-refractivity contribution in [3.8, 4) is 11.1 Å². The summed E-state index contributed by atoms with van der Waals surface area (Å²) in [4.78, 5) is 44.9. The fourth-order valence-electron chi connectivity index (χ4n) is 7.85. The van der Waals surface area contributed by atoms with Crippen LogP contribution in [-0.2, 0) is 22.5 Å². The summed E-state index contributed by atoms with van der Waals surface area (Å²) in [5.74, 6) is 0.806. The van der Waals surface area contributed by atoms with Gasteiger partial charge in [0.25, 0.3) is 5.91 Å². The zero-order valence-corrected chi connectivity index (χ0v) is 27.7. The lowest BCUT2D eigenvalue weighted by Gasteiger charge is -2.44. The van der Waals surface area contributed by atoms with Crippen LogP contribution in [0.4, 0.5) is 5.69 Å². The average Bonchev–Trinajstić information content (AvgIpc) is 3.72. The first-order valence-electron chi connectivity index (χ1n) is 16.6. The van der Waals surface area contributed by atoms with E-state index in [1.165, 1.54) is 0 Å². The number of amides is 2. The van der Waals surface area contributed by atoms with Gasteiger partial charge in [-0.1, -0.05) is 38.4 Å². The van der Waals surface area contributed by atoms with Crippen LogP contribution in [0, 0.1) is 17.8 Å². The monoisotopic (exact) mass is 654 g/mol. The van der Waals surface area contributed by atoms with E-state index in [0.717, 1.165) is 72.6 Å². The molecule has 11 nitrogen and oxygen atoms in total. The van der Waals surface area contributed by atoms with Crippen molar-refractivity contribution in [2.75, 3.05) is 31.2 Å². The molecule has 4 aliphatic rings. The molecule has 0 radical (unpaired) electrons. The Morgan fingerprint density at radius 1 is 1.15 bits per heavy atom. The quantitative estimate of drug-likeness (QED) is 0.287. The molecule has 47 heavy (non-hydrogen) atoms. The summed E-state index contributed by atoms with van der Waals surface area (Å²) in [7, 11) is 0. The first-order valence-corrected chi connectivity index (χ1v) is 17.0. The smallest absolute Gasteiger partial charge is 0.251 e. The van der Waals surface area contributed by atoms with Crippen molar-refractivity contribution >= 4 is 40.1 Å². The summed E-state index contributed by atoms with van der Waals surface area (Å²) >= 11 is 6.01. The number of benzene rings is 1. The standard InChI is InChI=1S/C35H39ClN8O3/c1-18(2)8-27-32(33(37)45)31(26-13-40-44(34(26)41-27)28-6-7-42(14-19(28)3)22-16-47-17-22)20-4-5-29-24(9-20)23-10-25(23)35(46)43(29)15-30-38-11-21(36)12-39-30/h4-5,9,11-13,18-19,22-23,25,28H,6-8,10,14-17H2,1-3H3,(H2,37,45)/t19-,23?,25?,28-/m1/s1. The average molecular weight is 655 g/mol. The van der Waals surface area contributed by atoms with Crippen LogP contribution < -0.4 is 10.6 Å². The van der Waals surface area contributed by atoms with Gasteiger partial charge in [-0.15, -0.1) is 0 Å². The van der Waals surface area contributed by atoms with Crippen LogP contribution in [0.15, 0.2) is 36.8 Å². The van der Waals surface area contributed by atoms with Gasteiger partial charge in [0.15, 0.2) is 5.65 Å². The minimum atomic E-state index is -0.499. The Morgan fingerprint density at radius 3 is 2.62 bits per heavy atom. The number of pyridine rings is 1. The van der Waals surface area contributed by atoms with Crippen molar-refractivity contribution in [1.82, 2.24) is 29.6 Å². The molecule has 1 aliphatic carbocycles. The van der Waals surface area contributed by atoms with Crippen molar-refractivity contribution in [3.05, 3.63) is 64.5 Å². The molecule has 3 aliphatic heterocycles. The number of fused-ring (bicyclic) bond motifs is 4. The van der Waals surface area contributed by atoms with E-state index in [4.69, 9.17) is 32.2 Å². The predicted molar refractivity (Wildman–Crippen MR) is 178 cm³/mol. The number of ether oxygens (including phenoxy) is 1. The van der Waals surface area contributed by atoms with Crippen molar-refractivity contribution < 1.29 is 14.3 Å². The van der Waals surface area contributed by atoms with Gasteiger partial charge in [0, 0.05) is 48.0 Å². The van der Waals surface area contributed by atoms with E-state index in [0.29, 0.717) is 40.5 Å². The van der Waals surface area contributed by atoms with Crippen molar-refractivity contribution in [3.63, 3.8) is 0 Å². The summed E-state index contributed by atoms with van der Waals surface area (Å²) in [6.07, 6.45) is 7.32. The highest BCUT2D eigenvalue weighted by Gasteiger charge is 2.51. The van der Waals surface area contributed by atoms with E-state index in [9.17, 15) is 9.59 Å². The van der Waals surface area contributed by atoms with Crippen molar-refractivity contribution in [2.45, 2.75) is 64.6 Å². The minimum absolute atomic E-state index is 0.0729. The van der Waals surface area contributed by atoms with E-state index in [2.05, 4.69) is 46.4 Å². The molecule has 1 aromatic carbocycles. The molecule has 2 amide bonds. The first-order chi connectivity index (χ1) is 22.7. The SMILES string of the molecule is CC(C)Cc1nc2c(cnn2[C@@H]2CCN(C3COC3)C[C@H]2C)c(-c2ccc3c(c2)C2CC2C(=O)N3Cc2ncc(Cl)cn2)c1C(N)=O. The van der Waals surface area contributed by atoms with Gasteiger partial charge in [-0.2, -0.15) is 5.10 Å². The second kappa shape index (κ2) is 11.6. The molecule has 12 heteroatoms. The summed E-state index contributed by atoms with van der Waals surface area (Å²) in [5.41, 5.74) is 11.7. The molecule has 2 N–H and O–H groups in total. The van der Waals surface area contributed by atoms with Gasteiger partial charge < -0.3 is 15.4 Å². The number of halogens is 1. The lowest BCUT2D eigenvalue weighted by Crippen LogP contribution is -2.54. The van der Waals surface area contributed by atoms with Crippen molar-refractivity contribution in [1.29, 1.82) is 0 Å². The maximum Gasteiger partial charge on any atom is 0.251 e. The van der Waals surface area contributed by atoms with Crippen LogP contribution in [-0.4, -0.2) is 73.8 Å². The molecule has 2 saturated heterocycles. The Bertz CT molecular complexity index is 1890. The molecule has 2 unspecified atom stereocenters. The number of anilines is 1. The molecule has 0 bridgehead atoms. The maximum atomic E-state index is 13.4. The third-order valence-electron chi connectivity index (χ3n) is 10.4. The Morgan fingerprint density at radius 2 is 1.94 bits per heavy atom. The van der Waals surface area contributed by atoms with Crippen LogP contribution in [0.1, 0.15) is 73.0 Å². The molecular formula is C35H39ClN8O3. The number of carbonyl (C=O) groups excluding carboxylic acids is 2. The lowest BCUT2D eigenvalue weighted by molar-refractivity contribution is -0.120. The predicted octanol–water partition coefficient (Wildman–Crippen LogP) is 4.77. The van der Waals surface area contributed by atoms with E-state index in [1.807, 2.05) is 18.3 Å².